The maximum absolute atomic E-state index is 14.2. The van der Waals surface area contributed by atoms with E-state index in [4.69, 9.17) is 4.74 Å². The summed E-state index contributed by atoms with van der Waals surface area (Å²) in [5, 5.41) is 0. The zero-order chi connectivity index (χ0) is 14.4. The topological polar surface area (TPSA) is 26.5 Å². The van der Waals surface area contributed by atoms with E-state index < -0.39 is 0 Å². The Morgan fingerprint density at radius 1 is 1.29 bits per heavy atom. The monoisotopic (exact) mass is 302 g/mol. The molecule has 0 spiro atoms. The number of aromatic nitrogens is 2. The van der Waals surface area contributed by atoms with Crippen molar-refractivity contribution >= 4 is 16.3 Å². The van der Waals surface area contributed by atoms with E-state index in [1.54, 1.807) is 30.6 Å². The van der Waals surface area contributed by atoms with Gasteiger partial charge in [0.1, 0.15) is 11.6 Å². The molecule has 0 bridgehead atoms. The predicted octanol–water partition coefficient (Wildman–Crippen LogP) is 4.09. The highest BCUT2D eigenvalue weighted by atomic mass is 32.1. The Hall–Kier alpha value is -1.88. The number of rotatable bonds is 2. The summed E-state index contributed by atoms with van der Waals surface area (Å²) in [4.78, 5) is 6.99. The van der Waals surface area contributed by atoms with Gasteiger partial charge in [0.2, 0.25) is 0 Å². The summed E-state index contributed by atoms with van der Waals surface area (Å²) >= 11 is 1.72. The minimum atomic E-state index is -0.297. The third-order valence-electron chi connectivity index (χ3n) is 4.02. The Morgan fingerprint density at radius 2 is 2.14 bits per heavy atom. The van der Waals surface area contributed by atoms with Gasteiger partial charge in [-0.1, -0.05) is 6.07 Å². The van der Waals surface area contributed by atoms with Crippen LogP contribution in [-0.4, -0.2) is 16.5 Å². The Morgan fingerprint density at radius 3 is 3.00 bits per heavy atom. The molecule has 21 heavy (non-hydrogen) atoms. The van der Waals surface area contributed by atoms with Crippen LogP contribution < -0.4 is 4.74 Å². The number of nitrogens with zero attached hydrogens (tertiary/aromatic N) is 2. The van der Waals surface area contributed by atoms with Crippen molar-refractivity contribution in [2.75, 3.05) is 7.11 Å². The number of ether oxygens (including phenoxy) is 1. The lowest BCUT2D eigenvalue weighted by atomic mass is 10.0. The second kappa shape index (κ2) is 4.84. The van der Waals surface area contributed by atoms with Gasteiger partial charge in [-0.05, 0) is 37.8 Å². The number of hydrogen-bond acceptors (Lipinski definition) is 3. The first-order valence-electron chi connectivity index (χ1n) is 7.10. The molecule has 1 aliphatic carbocycles. The highest BCUT2D eigenvalue weighted by Gasteiger charge is 2.20. The molecule has 0 fully saturated rings. The highest BCUT2D eigenvalue weighted by Crippen LogP contribution is 2.36. The largest absolute Gasteiger partial charge is 0.496 e. The van der Waals surface area contributed by atoms with E-state index in [1.165, 1.54) is 29.5 Å². The zero-order valence-corrected chi connectivity index (χ0v) is 12.5. The maximum Gasteiger partial charge on any atom is 0.194 e. The van der Waals surface area contributed by atoms with Crippen molar-refractivity contribution in [3.63, 3.8) is 0 Å². The van der Waals surface area contributed by atoms with Crippen molar-refractivity contribution in [3.05, 3.63) is 40.8 Å². The summed E-state index contributed by atoms with van der Waals surface area (Å²) in [5.41, 5.74) is 2.43. The molecule has 0 saturated heterocycles. The summed E-state index contributed by atoms with van der Waals surface area (Å²) in [6.07, 6.45) is 6.64. The zero-order valence-electron chi connectivity index (χ0n) is 11.7. The molecule has 0 atom stereocenters. The normalized spacial score (nSPS) is 14.4. The molecular formula is C16H15FN2OS. The predicted molar refractivity (Wildman–Crippen MR) is 81.7 cm³/mol. The smallest absolute Gasteiger partial charge is 0.194 e. The number of methoxy groups -OCH3 is 1. The molecule has 1 aliphatic rings. The molecule has 3 nitrogen and oxygen atoms in total. The average Bonchev–Trinajstić information content (AvgIpc) is 3.04. The quantitative estimate of drug-likeness (QED) is 0.713. The number of imidazole rings is 1. The highest BCUT2D eigenvalue weighted by molar-refractivity contribution is 7.17. The Bertz CT molecular complexity index is 821. The molecule has 0 N–H and O–H groups in total. The van der Waals surface area contributed by atoms with Crippen molar-refractivity contribution in [1.82, 2.24) is 9.38 Å². The van der Waals surface area contributed by atoms with Gasteiger partial charge in [0.05, 0.1) is 18.4 Å². The van der Waals surface area contributed by atoms with Crippen molar-refractivity contribution in [2.45, 2.75) is 25.7 Å². The lowest BCUT2D eigenvalue weighted by Gasteiger charge is -2.10. The first-order valence-corrected chi connectivity index (χ1v) is 7.92. The average molecular weight is 302 g/mol. The summed E-state index contributed by atoms with van der Waals surface area (Å²) in [5.74, 6) is 0.226. The molecule has 0 saturated carbocycles. The van der Waals surface area contributed by atoms with E-state index in [-0.39, 0.29) is 5.82 Å². The van der Waals surface area contributed by atoms with Gasteiger partial charge in [-0.25, -0.2) is 9.37 Å². The second-order valence-electron chi connectivity index (χ2n) is 5.27. The number of aryl methyl sites for hydroxylation is 2. The van der Waals surface area contributed by atoms with Crippen LogP contribution in [0.3, 0.4) is 0 Å². The van der Waals surface area contributed by atoms with Crippen LogP contribution in [0.1, 0.15) is 23.4 Å². The van der Waals surface area contributed by atoms with Crippen molar-refractivity contribution < 1.29 is 9.13 Å². The van der Waals surface area contributed by atoms with Gasteiger partial charge in [0.15, 0.2) is 4.96 Å². The van der Waals surface area contributed by atoms with Crippen LogP contribution in [0.25, 0.3) is 16.2 Å². The molecule has 2 heterocycles. The first kappa shape index (κ1) is 12.8. The van der Waals surface area contributed by atoms with Crippen LogP contribution in [0.4, 0.5) is 4.39 Å². The van der Waals surface area contributed by atoms with E-state index in [9.17, 15) is 4.39 Å². The molecule has 3 aromatic rings. The van der Waals surface area contributed by atoms with Gasteiger partial charge >= 0.3 is 0 Å². The van der Waals surface area contributed by atoms with E-state index in [0.29, 0.717) is 17.0 Å². The van der Waals surface area contributed by atoms with Crippen LogP contribution in [-0.2, 0) is 12.8 Å². The molecule has 1 aromatic carbocycles. The fraction of sp³-hybridized carbons (Fsp3) is 0.312. The van der Waals surface area contributed by atoms with Gasteiger partial charge in [-0.2, -0.15) is 0 Å². The molecular weight excluding hydrogens is 287 g/mol. The van der Waals surface area contributed by atoms with Crippen molar-refractivity contribution in [1.29, 1.82) is 0 Å². The van der Waals surface area contributed by atoms with E-state index in [2.05, 4.69) is 9.38 Å². The van der Waals surface area contributed by atoms with Gasteiger partial charge in [-0.15, -0.1) is 11.3 Å². The first-order chi connectivity index (χ1) is 10.3. The van der Waals surface area contributed by atoms with Crippen LogP contribution in [0.5, 0.6) is 5.75 Å². The fourth-order valence-corrected chi connectivity index (χ4v) is 4.20. The molecule has 5 heteroatoms. The third-order valence-corrected chi connectivity index (χ3v) is 5.18. The maximum atomic E-state index is 14.2. The SMILES string of the molecule is COc1cccc(F)c1-c1cn2c3c(sc2n1)CCCC3. The molecule has 2 aromatic heterocycles. The number of thiazole rings is 1. The van der Waals surface area contributed by atoms with Crippen molar-refractivity contribution in [3.8, 4) is 17.0 Å². The van der Waals surface area contributed by atoms with Gasteiger partial charge in [0, 0.05) is 16.8 Å². The molecule has 108 valence electrons. The number of hydrogen-bond donors (Lipinski definition) is 0. The Labute approximate surface area is 126 Å². The van der Waals surface area contributed by atoms with Crippen LogP contribution in [0, 0.1) is 5.82 Å². The van der Waals surface area contributed by atoms with Gasteiger partial charge in [0.25, 0.3) is 0 Å². The van der Waals surface area contributed by atoms with Crippen LogP contribution in [0.2, 0.25) is 0 Å². The molecule has 0 amide bonds. The minimum Gasteiger partial charge on any atom is -0.496 e. The summed E-state index contributed by atoms with van der Waals surface area (Å²) < 4.78 is 21.6. The fourth-order valence-electron chi connectivity index (χ4n) is 3.01. The number of halogens is 1. The van der Waals surface area contributed by atoms with Crippen LogP contribution >= 0.6 is 11.3 Å². The molecule has 4 rings (SSSR count). The second-order valence-corrected chi connectivity index (χ2v) is 6.34. The van der Waals surface area contributed by atoms with Crippen molar-refractivity contribution in [2.24, 2.45) is 0 Å². The standard InChI is InChI=1S/C16H15FN2OS/c1-20-13-7-4-5-10(17)15(13)11-9-19-12-6-2-3-8-14(12)21-16(19)18-11/h4-5,7,9H,2-3,6,8H2,1H3. The number of benzene rings is 1. The minimum absolute atomic E-state index is 0.297. The Balaban J connectivity index is 1.90. The van der Waals surface area contributed by atoms with Crippen LogP contribution in [0.15, 0.2) is 24.4 Å². The summed E-state index contributed by atoms with van der Waals surface area (Å²) in [6.45, 7) is 0. The Kier molecular flexibility index (Phi) is 2.96. The summed E-state index contributed by atoms with van der Waals surface area (Å²) in [7, 11) is 1.55. The molecule has 0 radical (unpaired) electrons. The van der Waals surface area contributed by atoms with Gasteiger partial charge < -0.3 is 4.74 Å². The van der Waals surface area contributed by atoms with Gasteiger partial charge in [-0.3, -0.25) is 4.40 Å². The lowest BCUT2D eigenvalue weighted by Crippen LogP contribution is -2.01. The van der Waals surface area contributed by atoms with E-state index >= 15 is 0 Å². The summed E-state index contributed by atoms with van der Waals surface area (Å²) in [6, 6.07) is 4.86. The number of fused-ring (bicyclic) bond motifs is 3. The van der Waals surface area contributed by atoms with E-state index in [0.717, 1.165) is 17.8 Å². The molecule has 0 aliphatic heterocycles. The van der Waals surface area contributed by atoms with E-state index in [1.807, 2.05) is 6.20 Å². The molecule has 0 unspecified atom stereocenters. The third kappa shape index (κ3) is 1.95. The lowest BCUT2D eigenvalue weighted by molar-refractivity contribution is 0.413.